The van der Waals surface area contributed by atoms with E-state index in [1.807, 2.05) is 0 Å². The van der Waals surface area contributed by atoms with Crippen molar-refractivity contribution in [2.45, 2.75) is 375 Å². The highest BCUT2D eigenvalue weighted by molar-refractivity contribution is 7.47. The Hall–Kier alpha value is -1.94. The van der Waals surface area contributed by atoms with Crippen LogP contribution in [-0.4, -0.2) is 96.7 Å². The first-order valence-corrected chi connectivity index (χ1v) is 39.8. The summed E-state index contributed by atoms with van der Waals surface area (Å²) in [5.41, 5.74) is 0. The van der Waals surface area contributed by atoms with Gasteiger partial charge in [-0.3, -0.25) is 37.3 Å². The molecule has 0 rings (SSSR count). The van der Waals surface area contributed by atoms with E-state index in [9.17, 15) is 43.2 Å². The Labute approximate surface area is 549 Å². The van der Waals surface area contributed by atoms with Gasteiger partial charge < -0.3 is 33.8 Å². The highest BCUT2D eigenvalue weighted by Gasteiger charge is 2.30. The minimum atomic E-state index is -4.95. The molecule has 0 aliphatic rings. The monoisotopic (exact) mass is 1320 g/mol. The van der Waals surface area contributed by atoms with Crippen molar-refractivity contribution >= 4 is 39.5 Å². The van der Waals surface area contributed by atoms with Crippen LogP contribution in [0.15, 0.2) is 0 Å². The van der Waals surface area contributed by atoms with Gasteiger partial charge >= 0.3 is 39.5 Å². The first kappa shape index (κ1) is 88.1. The van der Waals surface area contributed by atoms with E-state index in [4.69, 9.17) is 37.0 Å². The highest BCUT2D eigenvalue weighted by Crippen LogP contribution is 2.45. The number of hydrogen-bond donors (Lipinski definition) is 3. The van der Waals surface area contributed by atoms with Gasteiger partial charge in [-0.2, -0.15) is 0 Å². The molecule has 19 heteroatoms. The molecular weight excluding hydrogens is 1190 g/mol. The smallest absolute Gasteiger partial charge is 0.462 e. The standard InChI is InChI=1S/C71H138O17P2/c1-8-9-10-11-12-13-14-15-16-17-18-23-33-40-47-54-70(75)87-66(58-81-68(73)52-45-38-31-24-19-21-28-35-42-49-62(2)3)60-85-89(77,78)83-56-65(72)57-84-90(79,80)86-61-67(59-82-69(74)53-46-39-32-27-26-30-37-44-51-64(6)7)88-71(76)55-48-41-34-25-20-22-29-36-43-50-63(4)5/h62-67,72H,8-61H2,1-7H3,(H,77,78)(H,79,80)/t65-,66-,67-/m1/s1. The second-order valence-corrected chi connectivity index (χ2v) is 30.0. The van der Waals surface area contributed by atoms with Gasteiger partial charge in [-0.15, -0.1) is 0 Å². The van der Waals surface area contributed by atoms with Crippen molar-refractivity contribution in [2.75, 3.05) is 39.6 Å². The molecule has 2 unspecified atom stereocenters. The quantitative estimate of drug-likeness (QED) is 0.0222. The Morgan fingerprint density at radius 3 is 0.756 bits per heavy atom. The Morgan fingerprint density at radius 1 is 0.300 bits per heavy atom. The van der Waals surface area contributed by atoms with Crippen molar-refractivity contribution in [3.8, 4) is 0 Å². The largest absolute Gasteiger partial charge is 0.472 e. The molecule has 0 saturated heterocycles. The predicted molar refractivity (Wildman–Crippen MR) is 363 cm³/mol. The summed E-state index contributed by atoms with van der Waals surface area (Å²) in [5, 5.41) is 10.6. The average Bonchev–Trinajstić information content (AvgIpc) is 2.89. The maximum absolute atomic E-state index is 13.0. The fourth-order valence-corrected chi connectivity index (χ4v) is 12.3. The third-order valence-corrected chi connectivity index (χ3v) is 18.3. The summed E-state index contributed by atoms with van der Waals surface area (Å²) in [6, 6.07) is 0. The van der Waals surface area contributed by atoms with E-state index in [0.717, 1.165) is 108 Å². The lowest BCUT2D eigenvalue weighted by Crippen LogP contribution is -2.30. The maximum Gasteiger partial charge on any atom is 0.472 e. The number of carbonyl (C=O) groups is 4. The summed E-state index contributed by atoms with van der Waals surface area (Å²) in [4.78, 5) is 72.6. The molecule has 0 heterocycles. The van der Waals surface area contributed by atoms with Crippen LogP contribution in [0.5, 0.6) is 0 Å². The van der Waals surface area contributed by atoms with E-state index in [2.05, 4.69) is 48.5 Å². The second-order valence-electron chi connectivity index (χ2n) is 27.1. The lowest BCUT2D eigenvalue weighted by atomic mass is 10.0. The van der Waals surface area contributed by atoms with Crippen LogP contribution in [0, 0.1) is 17.8 Å². The number of carbonyl (C=O) groups excluding carboxylic acids is 4. The van der Waals surface area contributed by atoms with Crippen LogP contribution < -0.4 is 0 Å². The Bertz CT molecular complexity index is 1770. The van der Waals surface area contributed by atoms with Gasteiger partial charge in [0.25, 0.3) is 0 Å². The summed E-state index contributed by atoms with van der Waals surface area (Å²) in [6.45, 7) is 11.8. The maximum atomic E-state index is 13.0. The average molecular weight is 1330 g/mol. The minimum Gasteiger partial charge on any atom is -0.462 e. The summed E-state index contributed by atoms with van der Waals surface area (Å²) < 4.78 is 68.3. The van der Waals surface area contributed by atoms with Gasteiger partial charge in [0, 0.05) is 25.7 Å². The molecule has 0 aliphatic carbocycles. The number of aliphatic hydroxyl groups excluding tert-OH is 1. The molecule has 0 radical (unpaired) electrons. The van der Waals surface area contributed by atoms with Crippen molar-refractivity contribution in [3.05, 3.63) is 0 Å². The lowest BCUT2D eigenvalue weighted by molar-refractivity contribution is -0.161. The summed E-state index contributed by atoms with van der Waals surface area (Å²) in [7, 11) is -9.90. The fourth-order valence-electron chi connectivity index (χ4n) is 10.7. The number of unbranched alkanes of at least 4 members (excludes halogenated alkanes) is 37. The molecule has 17 nitrogen and oxygen atoms in total. The molecule has 0 saturated carbocycles. The molecule has 534 valence electrons. The van der Waals surface area contributed by atoms with E-state index in [0.29, 0.717) is 25.7 Å². The molecule has 5 atom stereocenters. The molecule has 0 fully saturated rings. The Kier molecular flexibility index (Phi) is 60.6. The highest BCUT2D eigenvalue weighted by atomic mass is 31.2. The van der Waals surface area contributed by atoms with E-state index in [1.54, 1.807) is 0 Å². The molecule has 0 spiro atoms. The molecule has 0 aromatic heterocycles. The number of ether oxygens (including phenoxy) is 4. The topological polar surface area (TPSA) is 237 Å². The molecule has 3 N–H and O–H groups in total. The number of esters is 4. The summed E-state index contributed by atoms with van der Waals surface area (Å²) in [5.74, 6) is 0.0816. The first-order valence-electron chi connectivity index (χ1n) is 36.8. The molecule has 90 heavy (non-hydrogen) atoms. The first-order chi connectivity index (χ1) is 43.2. The van der Waals surface area contributed by atoms with Crippen LogP contribution in [0.3, 0.4) is 0 Å². The summed E-state index contributed by atoms with van der Waals surface area (Å²) >= 11 is 0. The van der Waals surface area contributed by atoms with E-state index in [1.165, 1.54) is 167 Å². The number of hydrogen-bond acceptors (Lipinski definition) is 15. The Morgan fingerprint density at radius 2 is 0.511 bits per heavy atom. The zero-order valence-corrected chi connectivity index (χ0v) is 60.4. The van der Waals surface area contributed by atoms with Crippen LogP contribution in [-0.2, 0) is 65.4 Å². The molecule has 0 bridgehead atoms. The van der Waals surface area contributed by atoms with Gasteiger partial charge in [-0.1, -0.05) is 305 Å². The molecule has 0 aliphatic heterocycles. The zero-order chi connectivity index (χ0) is 66.6. The van der Waals surface area contributed by atoms with Crippen molar-refractivity contribution in [3.63, 3.8) is 0 Å². The van der Waals surface area contributed by atoms with Gasteiger partial charge in [0.2, 0.25) is 0 Å². The van der Waals surface area contributed by atoms with E-state index < -0.39 is 97.5 Å². The van der Waals surface area contributed by atoms with Crippen LogP contribution in [0.25, 0.3) is 0 Å². The third-order valence-electron chi connectivity index (χ3n) is 16.4. The van der Waals surface area contributed by atoms with Crippen molar-refractivity contribution in [1.82, 2.24) is 0 Å². The number of phosphoric ester groups is 2. The second kappa shape index (κ2) is 61.9. The van der Waals surface area contributed by atoms with Crippen molar-refractivity contribution in [2.24, 2.45) is 17.8 Å². The minimum absolute atomic E-state index is 0.104. The van der Waals surface area contributed by atoms with Gasteiger partial charge in [0.15, 0.2) is 12.2 Å². The normalized spacial score (nSPS) is 14.2. The van der Waals surface area contributed by atoms with Gasteiger partial charge in [0.1, 0.15) is 19.3 Å². The van der Waals surface area contributed by atoms with Crippen LogP contribution in [0.2, 0.25) is 0 Å². The third kappa shape index (κ3) is 64.8. The lowest BCUT2D eigenvalue weighted by Gasteiger charge is -2.21. The predicted octanol–water partition coefficient (Wildman–Crippen LogP) is 20.2. The van der Waals surface area contributed by atoms with Gasteiger partial charge in [-0.05, 0) is 43.4 Å². The SMILES string of the molecule is CCCCCCCCCCCCCCCCCC(=O)O[C@H](COC(=O)CCCCCCCCCCCC(C)C)COP(=O)(O)OC[C@@H](O)COP(=O)(O)OC[C@@H](COC(=O)CCCCCCCCCCC(C)C)OC(=O)CCCCCCCCCCCC(C)C. The van der Waals surface area contributed by atoms with Crippen molar-refractivity contribution < 1.29 is 80.2 Å². The van der Waals surface area contributed by atoms with Crippen LogP contribution in [0.1, 0.15) is 357 Å². The Balaban J connectivity index is 5.26. The molecule has 0 amide bonds. The number of rotatable bonds is 69. The zero-order valence-electron chi connectivity index (χ0n) is 58.6. The molecule has 0 aromatic rings. The summed E-state index contributed by atoms with van der Waals surface area (Å²) in [6.07, 6.45) is 45.8. The van der Waals surface area contributed by atoms with Gasteiger partial charge in [0.05, 0.1) is 26.4 Å². The fraction of sp³-hybridized carbons (Fsp3) is 0.944. The van der Waals surface area contributed by atoms with Crippen LogP contribution in [0.4, 0.5) is 0 Å². The van der Waals surface area contributed by atoms with Crippen molar-refractivity contribution in [1.29, 1.82) is 0 Å². The van der Waals surface area contributed by atoms with Crippen LogP contribution >= 0.6 is 15.6 Å². The van der Waals surface area contributed by atoms with E-state index >= 15 is 0 Å². The number of phosphoric acid groups is 2. The molecular formula is C71H138O17P2. The van der Waals surface area contributed by atoms with Gasteiger partial charge in [-0.25, -0.2) is 9.13 Å². The number of aliphatic hydroxyl groups is 1. The molecule has 0 aromatic carbocycles. The van der Waals surface area contributed by atoms with E-state index in [-0.39, 0.29) is 25.7 Å².